The van der Waals surface area contributed by atoms with Crippen LogP contribution in [0.15, 0.2) is 168 Å². The van der Waals surface area contributed by atoms with Crippen LogP contribution in [0.3, 0.4) is 0 Å². The zero-order chi connectivity index (χ0) is 33.0. The molecule has 50 heavy (non-hydrogen) atoms. The van der Waals surface area contributed by atoms with Crippen LogP contribution in [-0.4, -0.2) is 15.0 Å². The molecule has 0 spiro atoms. The van der Waals surface area contributed by atoms with Crippen molar-refractivity contribution in [1.82, 2.24) is 15.0 Å². The minimum Gasteiger partial charge on any atom is -0.455 e. The zero-order valence-electron chi connectivity index (χ0n) is 26.7. The largest absolute Gasteiger partial charge is 0.455 e. The first-order valence-corrected chi connectivity index (χ1v) is 17.4. The highest BCUT2D eigenvalue weighted by Gasteiger charge is 2.16. The van der Waals surface area contributed by atoms with E-state index in [-0.39, 0.29) is 0 Å². The fourth-order valence-corrected chi connectivity index (χ4v) is 7.99. The molecule has 0 atom stereocenters. The van der Waals surface area contributed by atoms with Gasteiger partial charge in [-0.2, -0.15) is 0 Å². The Morgan fingerprint density at radius 2 is 0.900 bits per heavy atom. The van der Waals surface area contributed by atoms with E-state index in [1.165, 1.54) is 25.7 Å². The van der Waals surface area contributed by atoms with Gasteiger partial charge >= 0.3 is 0 Å². The Bertz CT molecular complexity index is 2850. The summed E-state index contributed by atoms with van der Waals surface area (Å²) in [5.74, 6) is 1.91. The molecule has 4 nitrogen and oxygen atoms in total. The van der Waals surface area contributed by atoms with Gasteiger partial charge in [0.05, 0.1) is 0 Å². The van der Waals surface area contributed by atoms with Crippen molar-refractivity contribution in [3.63, 3.8) is 0 Å². The highest BCUT2D eigenvalue weighted by Crippen LogP contribution is 2.38. The molecular formula is C45H27N3OS. The quantitative estimate of drug-likeness (QED) is 0.185. The number of hydrogen-bond acceptors (Lipinski definition) is 5. The summed E-state index contributed by atoms with van der Waals surface area (Å²) in [4.78, 5) is 15.2. The molecule has 0 aliphatic rings. The summed E-state index contributed by atoms with van der Waals surface area (Å²) < 4.78 is 8.82. The Labute approximate surface area is 292 Å². The topological polar surface area (TPSA) is 51.8 Å². The van der Waals surface area contributed by atoms with Gasteiger partial charge < -0.3 is 4.42 Å². The van der Waals surface area contributed by atoms with Gasteiger partial charge in [0.25, 0.3) is 0 Å². The Morgan fingerprint density at radius 3 is 1.66 bits per heavy atom. The van der Waals surface area contributed by atoms with Crippen LogP contribution >= 0.6 is 11.3 Å². The van der Waals surface area contributed by atoms with Gasteiger partial charge in [-0.1, -0.05) is 146 Å². The third-order valence-electron chi connectivity index (χ3n) is 9.38. The molecule has 0 fully saturated rings. The molecule has 5 heteroatoms. The molecule has 0 saturated carbocycles. The van der Waals surface area contributed by atoms with Crippen LogP contribution in [0.1, 0.15) is 0 Å². The van der Waals surface area contributed by atoms with E-state index in [9.17, 15) is 0 Å². The summed E-state index contributed by atoms with van der Waals surface area (Å²) in [6, 6.07) is 56.9. The van der Waals surface area contributed by atoms with Gasteiger partial charge in [0.2, 0.25) is 0 Å². The molecular weight excluding hydrogens is 631 g/mol. The first-order chi connectivity index (χ1) is 24.7. The number of thiophene rings is 1. The molecule has 0 unspecified atom stereocenters. The van der Waals surface area contributed by atoms with Gasteiger partial charge in [-0.3, -0.25) is 0 Å². The standard InChI is InChI=1S/C45H27N3OS/c1-2-9-28(10-3-1)29-17-21-31(22-18-29)43-46-44(48-45(47-43)33-25-26-37-36-12-5-7-16-40(36)50-41(37)27-33)32-23-19-30(20-24-32)34-13-8-14-38-35-11-4-6-15-39(35)49-42(34)38/h1-27H. The number of fused-ring (bicyclic) bond motifs is 6. The third-order valence-corrected chi connectivity index (χ3v) is 10.5. The zero-order valence-corrected chi connectivity index (χ0v) is 27.6. The number of rotatable bonds is 5. The maximum Gasteiger partial charge on any atom is 0.164 e. The van der Waals surface area contributed by atoms with Crippen LogP contribution < -0.4 is 0 Å². The van der Waals surface area contributed by atoms with Crippen molar-refractivity contribution in [2.45, 2.75) is 0 Å². The lowest BCUT2D eigenvalue weighted by Crippen LogP contribution is -2.00. The summed E-state index contributed by atoms with van der Waals surface area (Å²) in [5.41, 5.74) is 9.04. The van der Waals surface area contributed by atoms with Gasteiger partial charge in [-0.25, -0.2) is 15.0 Å². The van der Waals surface area contributed by atoms with Gasteiger partial charge in [0.1, 0.15) is 11.2 Å². The predicted octanol–water partition coefficient (Wildman–Crippen LogP) is 12.5. The highest BCUT2D eigenvalue weighted by atomic mass is 32.1. The van der Waals surface area contributed by atoms with E-state index in [4.69, 9.17) is 19.4 Å². The van der Waals surface area contributed by atoms with Crippen molar-refractivity contribution in [3.8, 4) is 56.4 Å². The van der Waals surface area contributed by atoms with E-state index >= 15 is 0 Å². The summed E-state index contributed by atoms with van der Waals surface area (Å²) in [6.07, 6.45) is 0. The number of para-hydroxylation sites is 2. The number of furan rings is 1. The van der Waals surface area contributed by atoms with E-state index in [1.807, 2.05) is 24.3 Å². The van der Waals surface area contributed by atoms with Crippen molar-refractivity contribution in [2.75, 3.05) is 0 Å². The van der Waals surface area contributed by atoms with Gasteiger partial charge in [-0.05, 0) is 34.9 Å². The van der Waals surface area contributed by atoms with Gasteiger partial charge in [0.15, 0.2) is 17.5 Å². The third kappa shape index (κ3) is 4.87. The van der Waals surface area contributed by atoms with Crippen LogP contribution in [0, 0.1) is 0 Å². The molecule has 7 aromatic carbocycles. The molecule has 0 aliphatic heterocycles. The summed E-state index contributed by atoms with van der Waals surface area (Å²) >= 11 is 1.79. The first-order valence-electron chi connectivity index (χ1n) is 16.6. The number of nitrogens with zero attached hydrogens (tertiary/aromatic N) is 3. The Morgan fingerprint density at radius 1 is 0.360 bits per heavy atom. The number of aromatic nitrogens is 3. The first kappa shape index (κ1) is 28.6. The van der Waals surface area contributed by atoms with Crippen LogP contribution in [-0.2, 0) is 0 Å². The van der Waals surface area contributed by atoms with E-state index in [0.717, 1.165) is 55.3 Å². The van der Waals surface area contributed by atoms with E-state index in [0.29, 0.717) is 17.5 Å². The Balaban J connectivity index is 1.08. The maximum atomic E-state index is 6.34. The average Bonchev–Trinajstić information content (AvgIpc) is 3.76. The Kier molecular flexibility index (Phi) is 6.64. The lowest BCUT2D eigenvalue weighted by atomic mass is 10.0. The van der Waals surface area contributed by atoms with Crippen LogP contribution in [0.2, 0.25) is 0 Å². The van der Waals surface area contributed by atoms with Crippen LogP contribution in [0.5, 0.6) is 0 Å². The maximum absolute atomic E-state index is 6.34. The summed E-state index contributed by atoms with van der Waals surface area (Å²) in [5, 5.41) is 4.75. The molecule has 0 bridgehead atoms. The number of hydrogen-bond donors (Lipinski definition) is 0. The molecule has 0 radical (unpaired) electrons. The molecule has 0 aliphatic carbocycles. The van der Waals surface area contributed by atoms with Crippen molar-refractivity contribution >= 4 is 53.4 Å². The molecule has 0 amide bonds. The molecule has 3 heterocycles. The second-order valence-electron chi connectivity index (χ2n) is 12.4. The lowest BCUT2D eigenvalue weighted by molar-refractivity contribution is 0.670. The highest BCUT2D eigenvalue weighted by molar-refractivity contribution is 7.25. The lowest BCUT2D eigenvalue weighted by Gasteiger charge is -2.10. The minimum atomic E-state index is 0.627. The normalized spacial score (nSPS) is 11.6. The fourth-order valence-electron chi connectivity index (χ4n) is 6.84. The van der Waals surface area contributed by atoms with E-state index < -0.39 is 0 Å². The summed E-state index contributed by atoms with van der Waals surface area (Å²) in [7, 11) is 0. The SMILES string of the molecule is c1ccc(-c2ccc(-c3nc(-c4ccc(-c5cccc6c5oc5ccccc56)cc4)nc(-c4ccc5c(c4)sc4ccccc45)n3)cc2)cc1. The minimum absolute atomic E-state index is 0.627. The van der Waals surface area contributed by atoms with Crippen molar-refractivity contribution in [3.05, 3.63) is 164 Å². The van der Waals surface area contributed by atoms with Crippen molar-refractivity contribution < 1.29 is 4.42 Å². The van der Waals surface area contributed by atoms with E-state index in [1.54, 1.807) is 11.3 Å². The second-order valence-corrected chi connectivity index (χ2v) is 13.5. The van der Waals surface area contributed by atoms with Crippen LogP contribution in [0.25, 0.3) is 98.5 Å². The molecule has 10 rings (SSSR count). The van der Waals surface area contributed by atoms with Crippen molar-refractivity contribution in [1.29, 1.82) is 0 Å². The molecule has 234 valence electrons. The van der Waals surface area contributed by atoms with Crippen LogP contribution in [0.4, 0.5) is 0 Å². The summed E-state index contributed by atoms with van der Waals surface area (Å²) in [6.45, 7) is 0. The molecule has 0 saturated heterocycles. The van der Waals surface area contributed by atoms with Gasteiger partial charge in [-0.15, -0.1) is 11.3 Å². The van der Waals surface area contributed by atoms with Crippen molar-refractivity contribution in [2.24, 2.45) is 0 Å². The van der Waals surface area contributed by atoms with E-state index in [2.05, 4.69) is 140 Å². The number of benzene rings is 7. The molecule has 0 N–H and O–H groups in total. The monoisotopic (exact) mass is 657 g/mol. The fraction of sp³-hybridized carbons (Fsp3) is 0. The predicted molar refractivity (Wildman–Crippen MR) is 207 cm³/mol. The molecule has 10 aromatic rings. The Hall–Kier alpha value is -6.43. The smallest absolute Gasteiger partial charge is 0.164 e. The second kappa shape index (κ2) is 11.6. The van der Waals surface area contributed by atoms with Gasteiger partial charge in [0, 0.05) is 53.2 Å². The molecule has 3 aromatic heterocycles. The average molecular weight is 658 g/mol.